The van der Waals surface area contributed by atoms with Gasteiger partial charge >= 0.3 is 0 Å². The Hall–Kier alpha value is -4.07. The molecular weight excluding hydrogens is 444 g/mol. The third-order valence-corrected chi connectivity index (χ3v) is 5.60. The molecule has 0 bridgehead atoms. The molecule has 8 heteroatoms. The zero-order valence-electron chi connectivity index (χ0n) is 20.7. The normalized spacial score (nSPS) is 11.6. The highest BCUT2D eigenvalue weighted by molar-refractivity contribution is 5.96. The molecular formula is C27H32N4O4. The Balaban J connectivity index is 1.67. The molecule has 8 nitrogen and oxygen atoms in total. The molecule has 0 saturated carbocycles. The van der Waals surface area contributed by atoms with Gasteiger partial charge in [0.25, 0.3) is 11.8 Å². The van der Waals surface area contributed by atoms with Crippen LogP contribution in [0.3, 0.4) is 0 Å². The van der Waals surface area contributed by atoms with Gasteiger partial charge in [-0.2, -0.15) is 0 Å². The van der Waals surface area contributed by atoms with Crippen LogP contribution in [-0.4, -0.2) is 44.9 Å². The lowest BCUT2D eigenvalue weighted by atomic mass is 10.0. The summed E-state index contributed by atoms with van der Waals surface area (Å²) in [5.41, 5.74) is 3.21. The lowest BCUT2D eigenvalue weighted by Crippen LogP contribution is -2.48. The average molecular weight is 477 g/mol. The smallest absolute Gasteiger partial charge is 0.287 e. The maximum atomic E-state index is 12.6. The summed E-state index contributed by atoms with van der Waals surface area (Å²) >= 11 is 0. The van der Waals surface area contributed by atoms with E-state index in [1.807, 2.05) is 75.3 Å². The van der Waals surface area contributed by atoms with Crippen molar-refractivity contribution < 1.29 is 18.8 Å². The molecule has 0 radical (unpaired) electrons. The molecule has 0 aliphatic heterocycles. The van der Waals surface area contributed by atoms with Gasteiger partial charge in [-0.25, -0.2) is 0 Å². The first-order valence-electron chi connectivity index (χ1n) is 11.5. The van der Waals surface area contributed by atoms with E-state index in [0.29, 0.717) is 17.9 Å². The molecule has 3 aromatic rings. The van der Waals surface area contributed by atoms with Crippen molar-refractivity contribution in [3.05, 3.63) is 77.6 Å². The van der Waals surface area contributed by atoms with Gasteiger partial charge in [0, 0.05) is 44.5 Å². The number of hydrogen-bond donors (Lipinski definition) is 3. The minimum absolute atomic E-state index is 0.0782. The topological polar surface area (TPSA) is 104 Å². The molecule has 3 N–H and O–H groups in total. The fourth-order valence-corrected chi connectivity index (χ4v) is 3.56. The number of anilines is 1. The summed E-state index contributed by atoms with van der Waals surface area (Å²) in [6, 6.07) is 17.6. The van der Waals surface area contributed by atoms with Crippen molar-refractivity contribution in [3.63, 3.8) is 0 Å². The Bertz CT molecular complexity index is 1200. The Morgan fingerprint density at radius 3 is 2.37 bits per heavy atom. The second kappa shape index (κ2) is 11.4. The summed E-state index contributed by atoms with van der Waals surface area (Å²) in [6.07, 6.45) is 0. The highest BCUT2D eigenvalue weighted by atomic mass is 16.4. The fourth-order valence-electron chi connectivity index (χ4n) is 3.56. The van der Waals surface area contributed by atoms with Gasteiger partial charge in [-0.3, -0.25) is 14.4 Å². The summed E-state index contributed by atoms with van der Waals surface area (Å²) < 4.78 is 5.78. The predicted molar refractivity (Wildman–Crippen MR) is 136 cm³/mol. The van der Waals surface area contributed by atoms with Crippen LogP contribution in [0.4, 0.5) is 5.69 Å². The first-order valence-corrected chi connectivity index (χ1v) is 11.5. The summed E-state index contributed by atoms with van der Waals surface area (Å²) in [7, 11) is 5.39. The van der Waals surface area contributed by atoms with Gasteiger partial charge in [0.15, 0.2) is 5.76 Å². The standard InChI is InChI=1S/C27H32N4O4/c1-17(2)24(27(34)28-3)30-26(33)23-13-12-22(35-23)19-9-6-8-18(14-19)16-29-25(32)20-10-7-11-21(15-20)31(4)5/h6-15,17,24H,16H2,1-5H3,(H,28,34)(H,29,32)(H,30,33). The quantitative estimate of drug-likeness (QED) is 0.439. The van der Waals surface area contributed by atoms with Crippen LogP contribution in [0.25, 0.3) is 11.3 Å². The van der Waals surface area contributed by atoms with Crippen LogP contribution in [0.15, 0.2) is 65.1 Å². The molecule has 0 saturated heterocycles. The Morgan fingerprint density at radius 2 is 1.69 bits per heavy atom. The van der Waals surface area contributed by atoms with Gasteiger partial charge in [-0.05, 0) is 47.9 Å². The number of nitrogens with one attached hydrogen (secondary N) is 3. The van der Waals surface area contributed by atoms with Gasteiger partial charge in [-0.1, -0.05) is 38.1 Å². The highest BCUT2D eigenvalue weighted by Crippen LogP contribution is 2.23. The minimum Gasteiger partial charge on any atom is -0.451 e. The van der Waals surface area contributed by atoms with Crippen LogP contribution >= 0.6 is 0 Å². The summed E-state index contributed by atoms with van der Waals surface area (Å²) in [6.45, 7) is 4.06. The molecule has 3 rings (SSSR count). The van der Waals surface area contributed by atoms with Crippen molar-refractivity contribution in [2.45, 2.75) is 26.4 Å². The number of amides is 3. The summed E-state index contributed by atoms with van der Waals surface area (Å²) in [5, 5.41) is 8.23. The molecule has 2 aromatic carbocycles. The van der Waals surface area contributed by atoms with E-state index in [1.165, 1.54) is 7.05 Å². The van der Waals surface area contributed by atoms with E-state index in [4.69, 9.17) is 4.42 Å². The molecule has 1 heterocycles. The molecule has 0 aliphatic rings. The predicted octanol–water partition coefficient (Wildman–Crippen LogP) is 3.44. The molecule has 184 valence electrons. The van der Waals surface area contributed by atoms with Crippen molar-refractivity contribution in [2.75, 3.05) is 26.0 Å². The average Bonchev–Trinajstić information content (AvgIpc) is 3.36. The van der Waals surface area contributed by atoms with Crippen LogP contribution in [0.1, 0.15) is 40.3 Å². The molecule has 35 heavy (non-hydrogen) atoms. The van der Waals surface area contributed by atoms with E-state index in [1.54, 1.807) is 18.2 Å². The lowest BCUT2D eigenvalue weighted by Gasteiger charge is -2.19. The highest BCUT2D eigenvalue weighted by Gasteiger charge is 2.25. The number of benzene rings is 2. The first-order chi connectivity index (χ1) is 16.7. The van der Waals surface area contributed by atoms with Crippen LogP contribution in [0, 0.1) is 5.92 Å². The fraction of sp³-hybridized carbons (Fsp3) is 0.296. The van der Waals surface area contributed by atoms with Crippen molar-refractivity contribution in [1.29, 1.82) is 0 Å². The number of furan rings is 1. The molecule has 0 aliphatic carbocycles. The number of hydrogen-bond acceptors (Lipinski definition) is 5. The zero-order valence-corrected chi connectivity index (χ0v) is 20.7. The van der Waals surface area contributed by atoms with E-state index in [-0.39, 0.29) is 23.5 Å². The summed E-state index contributed by atoms with van der Waals surface area (Å²) in [5.74, 6) is -0.320. The number of carbonyl (C=O) groups is 3. The largest absolute Gasteiger partial charge is 0.451 e. The van der Waals surface area contributed by atoms with E-state index >= 15 is 0 Å². The Kier molecular flexibility index (Phi) is 8.30. The van der Waals surface area contributed by atoms with Gasteiger partial charge in [-0.15, -0.1) is 0 Å². The second-order valence-electron chi connectivity index (χ2n) is 8.80. The van der Waals surface area contributed by atoms with Crippen molar-refractivity contribution in [1.82, 2.24) is 16.0 Å². The van der Waals surface area contributed by atoms with E-state index < -0.39 is 11.9 Å². The SMILES string of the molecule is CNC(=O)C(NC(=O)c1ccc(-c2cccc(CNC(=O)c3cccc(N(C)C)c3)c2)o1)C(C)C. The third-order valence-electron chi connectivity index (χ3n) is 5.60. The van der Waals surface area contributed by atoms with Gasteiger partial charge in [0.1, 0.15) is 11.8 Å². The van der Waals surface area contributed by atoms with Crippen LogP contribution in [0.2, 0.25) is 0 Å². The third kappa shape index (κ3) is 6.50. The molecule has 1 unspecified atom stereocenters. The lowest BCUT2D eigenvalue weighted by molar-refractivity contribution is -0.123. The van der Waals surface area contributed by atoms with Crippen LogP contribution in [0.5, 0.6) is 0 Å². The molecule has 0 spiro atoms. The van der Waals surface area contributed by atoms with E-state index in [9.17, 15) is 14.4 Å². The van der Waals surface area contributed by atoms with Crippen LogP contribution < -0.4 is 20.9 Å². The Labute approximate surface area is 205 Å². The second-order valence-corrected chi connectivity index (χ2v) is 8.80. The van der Waals surface area contributed by atoms with Crippen LogP contribution in [-0.2, 0) is 11.3 Å². The van der Waals surface area contributed by atoms with Crippen molar-refractivity contribution in [3.8, 4) is 11.3 Å². The van der Waals surface area contributed by atoms with Crippen molar-refractivity contribution in [2.24, 2.45) is 5.92 Å². The molecule has 3 amide bonds. The van der Waals surface area contributed by atoms with Gasteiger partial charge in [0.05, 0.1) is 0 Å². The Morgan fingerprint density at radius 1 is 0.943 bits per heavy atom. The first kappa shape index (κ1) is 25.6. The maximum Gasteiger partial charge on any atom is 0.287 e. The minimum atomic E-state index is -0.661. The van der Waals surface area contributed by atoms with Gasteiger partial charge < -0.3 is 25.3 Å². The monoisotopic (exact) mass is 476 g/mol. The molecule has 1 atom stereocenters. The van der Waals surface area contributed by atoms with E-state index in [0.717, 1.165) is 16.8 Å². The molecule has 1 aromatic heterocycles. The zero-order chi connectivity index (χ0) is 25.5. The number of nitrogens with zero attached hydrogens (tertiary/aromatic N) is 1. The number of likely N-dealkylation sites (N-methyl/N-ethyl adjacent to an activating group) is 1. The number of rotatable bonds is 9. The number of carbonyl (C=O) groups excluding carboxylic acids is 3. The maximum absolute atomic E-state index is 12.6. The molecule has 0 fully saturated rings. The van der Waals surface area contributed by atoms with Gasteiger partial charge in [0.2, 0.25) is 5.91 Å². The van der Waals surface area contributed by atoms with E-state index in [2.05, 4.69) is 16.0 Å². The summed E-state index contributed by atoms with van der Waals surface area (Å²) in [4.78, 5) is 39.2. The van der Waals surface area contributed by atoms with Crippen molar-refractivity contribution >= 4 is 23.4 Å².